The molecule has 0 aliphatic heterocycles. The van der Waals surface area contributed by atoms with Crippen molar-refractivity contribution in [2.75, 3.05) is 5.32 Å². The summed E-state index contributed by atoms with van der Waals surface area (Å²) in [4.78, 5) is 24.1. The Morgan fingerprint density at radius 3 is 2.26 bits per heavy atom. The van der Waals surface area contributed by atoms with Crippen LogP contribution in [-0.4, -0.2) is 17.9 Å². The molecule has 2 N–H and O–H groups in total. The quantitative estimate of drug-likeness (QED) is 0.752. The molecule has 0 aromatic heterocycles. The van der Waals surface area contributed by atoms with Crippen LogP contribution in [0.2, 0.25) is 5.02 Å². The largest absolute Gasteiger partial charge is 0.489 e. The SMILES string of the molecule is O=C(Nc1ccc(OCc2ccc(Cl)cc2)cc1)C(=O)NC1CCCCC1. The van der Waals surface area contributed by atoms with Crippen molar-refractivity contribution < 1.29 is 14.3 Å². The maximum absolute atomic E-state index is 12.0. The van der Waals surface area contributed by atoms with E-state index in [1.165, 1.54) is 6.42 Å². The van der Waals surface area contributed by atoms with E-state index in [4.69, 9.17) is 16.3 Å². The van der Waals surface area contributed by atoms with Crippen LogP contribution < -0.4 is 15.4 Å². The zero-order valence-corrected chi connectivity index (χ0v) is 15.8. The second kappa shape index (κ2) is 9.42. The van der Waals surface area contributed by atoms with Crippen molar-refractivity contribution >= 4 is 29.1 Å². The maximum atomic E-state index is 12.0. The van der Waals surface area contributed by atoms with Gasteiger partial charge in [-0.3, -0.25) is 9.59 Å². The summed E-state index contributed by atoms with van der Waals surface area (Å²) in [7, 11) is 0. The standard InChI is InChI=1S/C21H23ClN2O3/c22-16-8-6-15(7-9-16)14-27-19-12-10-18(11-13-19)24-21(26)20(25)23-17-4-2-1-3-5-17/h6-13,17H,1-5,14H2,(H,23,25)(H,24,26). The Balaban J connectivity index is 1.47. The van der Waals surface area contributed by atoms with Crippen molar-refractivity contribution in [3.8, 4) is 5.75 Å². The predicted molar refractivity (Wildman–Crippen MR) is 106 cm³/mol. The highest BCUT2D eigenvalue weighted by Crippen LogP contribution is 2.19. The third kappa shape index (κ3) is 6.00. The van der Waals surface area contributed by atoms with Gasteiger partial charge in [0.1, 0.15) is 12.4 Å². The van der Waals surface area contributed by atoms with Gasteiger partial charge >= 0.3 is 11.8 Å². The van der Waals surface area contributed by atoms with Crippen LogP contribution in [0.15, 0.2) is 48.5 Å². The number of carbonyl (C=O) groups excluding carboxylic acids is 2. The number of amides is 2. The third-order valence-corrected chi connectivity index (χ3v) is 4.83. The van der Waals surface area contributed by atoms with E-state index in [1.54, 1.807) is 24.3 Å². The normalized spacial score (nSPS) is 14.4. The number of hydrogen-bond acceptors (Lipinski definition) is 3. The van der Waals surface area contributed by atoms with Gasteiger partial charge in [0.25, 0.3) is 0 Å². The first kappa shape index (κ1) is 19.2. The zero-order chi connectivity index (χ0) is 19.1. The molecule has 0 heterocycles. The fourth-order valence-corrected chi connectivity index (χ4v) is 3.19. The van der Waals surface area contributed by atoms with Crippen LogP contribution >= 0.6 is 11.6 Å². The Morgan fingerprint density at radius 1 is 0.926 bits per heavy atom. The molecule has 1 fully saturated rings. The smallest absolute Gasteiger partial charge is 0.313 e. The van der Waals surface area contributed by atoms with Gasteiger partial charge in [-0.05, 0) is 54.8 Å². The fraction of sp³-hybridized carbons (Fsp3) is 0.333. The zero-order valence-electron chi connectivity index (χ0n) is 15.0. The summed E-state index contributed by atoms with van der Waals surface area (Å²) in [5.74, 6) is -0.546. The number of benzene rings is 2. The molecule has 3 rings (SSSR count). The monoisotopic (exact) mass is 386 g/mol. The van der Waals surface area contributed by atoms with E-state index < -0.39 is 11.8 Å². The summed E-state index contributed by atoms with van der Waals surface area (Å²) in [6.07, 6.45) is 5.29. The lowest BCUT2D eigenvalue weighted by atomic mass is 9.95. The molecular formula is C21H23ClN2O3. The number of hydrogen-bond donors (Lipinski definition) is 2. The average Bonchev–Trinajstić information content (AvgIpc) is 2.69. The minimum Gasteiger partial charge on any atom is -0.489 e. The van der Waals surface area contributed by atoms with E-state index in [9.17, 15) is 9.59 Å². The molecule has 2 aromatic carbocycles. The Labute approximate surface area is 164 Å². The molecule has 1 aliphatic carbocycles. The second-order valence-electron chi connectivity index (χ2n) is 6.70. The number of nitrogens with one attached hydrogen (secondary N) is 2. The van der Waals surface area contributed by atoms with Crippen LogP contribution in [-0.2, 0) is 16.2 Å². The number of carbonyl (C=O) groups is 2. The Morgan fingerprint density at radius 2 is 1.59 bits per heavy atom. The highest BCUT2D eigenvalue weighted by molar-refractivity contribution is 6.39. The number of ether oxygens (including phenoxy) is 1. The molecule has 1 aliphatic rings. The van der Waals surface area contributed by atoms with Crippen LogP contribution in [0.4, 0.5) is 5.69 Å². The molecule has 27 heavy (non-hydrogen) atoms. The summed E-state index contributed by atoms with van der Waals surface area (Å²) in [6.45, 7) is 0.423. The lowest BCUT2D eigenvalue weighted by Gasteiger charge is -2.22. The van der Waals surface area contributed by atoms with Crippen LogP contribution in [0.1, 0.15) is 37.7 Å². The molecule has 0 spiro atoms. The molecule has 0 atom stereocenters. The predicted octanol–water partition coefficient (Wildman–Crippen LogP) is 4.31. The highest BCUT2D eigenvalue weighted by atomic mass is 35.5. The highest BCUT2D eigenvalue weighted by Gasteiger charge is 2.20. The summed E-state index contributed by atoms with van der Waals surface area (Å²) in [6, 6.07) is 14.5. The Hall–Kier alpha value is -2.53. The van der Waals surface area contributed by atoms with E-state index in [1.807, 2.05) is 24.3 Å². The Bertz CT molecular complexity index is 769. The summed E-state index contributed by atoms with van der Waals surface area (Å²) in [5.41, 5.74) is 1.56. The number of anilines is 1. The van der Waals surface area contributed by atoms with Gasteiger partial charge in [-0.2, -0.15) is 0 Å². The molecule has 2 aromatic rings. The fourth-order valence-electron chi connectivity index (χ4n) is 3.07. The molecule has 0 bridgehead atoms. The van der Waals surface area contributed by atoms with E-state index >= 15 is 0 Å². The number of halogens is 1. The molecule has 0 unspecified atom stereocenters. The van der Waals surface area contributed by atoms with Crippen LogP contribution in [0.25, 0.3) is 0 Å². The van der Waals surface area contributed by atoms with Gasteiger partial charge in [-0.25, -0.2) is 0 Å². The van der Waals surface area contributed by atoms with Crippen molar-refractivity contribution in [3.63, 3.8) is 0 Å². The summed E-state index contributed by atoms with van der Waals surface area (Å²) < 4.78 is 5.70. The van der Waals surface area contributed by atoms with Crippen molar-refractivity contribution in [2.24, 2.45) is 0 Å². The van der Waals surface area contributed by atoms with E-state index in [2.05, 4.69) is 10.6 Å². The lowest BCUT2D eigenvalue weighted by molar-refractivity contribution is -0.136. The summed E-state index contributed by atoms with van der Waals surface area (Å²) in [5, 5.41) is 6.11. The third-order valence-electron chi connectivity index (χ3n) is 4.58. The first-order valence-corrected chi connectivity index (χ1v) is 9.57. The average molecular weight is 387 g/mol. The van der Waals surface area contributed by atoms with Gasteiger partial charge in [0.15, 0.2) is 0 Å². The van der Waals surface area contributed by atoms with E-state index in [0.29, 0.717) is 23.1 Å². The van der Waals surface area contributed by atoms with Gasteiger partial charge in [-0.1, -0.05) is 43.0 Å². The van der Waals surface area contributed by atoms with Crippen LogP contribution in [0.3, 0.4) is 0 Å². The topological polar surface area (TPSA) is 67.4 Å². The molecule has 0 radical (unpaired) electrons. The van der Waals surface area contributed by atoms with Crippen LogP contribution in [0, 0.1) is 0 Å². The van der Waals surface area contributed by atoms with Gasteiger partial charge in [0.05, 0.1) is 0 Å². The van der Waals surface area contributed by atoms with Gasteiger partial charge in [-0.15, -0.1) is 0 Å². The first-order chi connectivity index (χ1) is 13.1. The molecule has 6 heteroatoms. The number of rotatable bonds is 5. The minimum atomic E-state index is -0.643. The summed E-state index contributed by atoms with van der Waals surface area (Å²) >= 11 is 5.86. The van der Waals surface area contributed by atoms with Crippen molar-refractivity contribution in [1.82, 2.24) is 5.32 Å². The van der Waals surface area contributed by atoms with Crippen LogP contribution in [0.5, 0.6) is 5.75 Å². The molecule has 142 valence electrons. The van der Waals surface area contributed by atoms with E-state index in [0.717, 1.165) is 31.2 Å². The molecule has 2 amide bonds. The van der Waals surface area contributed by atoms with Gasteiger partial charge in [0.2, 0.25) is 0 Å². The van der Waals surface area contributed by atoms with E-state index in [-0.39, 0.29) is 6.04 Å². The molecule has 1 saturated carbocycles. The Kier molecular flexibility index (Phi) is 6.71. The molecular weight excluding hydrogens is 364 g/mol. The maximum Gasteiger partial charge on any atom is 0.313 e. The molecule has 5 nitrogen and oxygen atoms in total. The lowest BCUT2D eigenvalue weighted by Crippen LogP contribution is -2.42. The molecule has 0 saturated heterocycles. The van der Waals surface area contributed by atoms with Gasteiger partial charge < -0.3 is 15.4 Å². The van der Waals surface area contributed by atoms with Gasteiger partial charge in [0, 0.05) is 16.8 Å². The minimum absolute atomic E-state index is 0.112. The second-order valence-corrected chi connectivity index (χ2v) is 7.14. The van der Waals surface area contributed by atoms with Crippen molar-refractivity contribution in [3.05, 3.63) is 59.1 Å². The van der Waals surface area contributed by atoms with Crippen molar-refractivity contribution in [1.29, 1.82) is 0 Å². The first-order valence-electron chi connectivity index (χ1n) is 9.19. The van der Waals surface area contributed by atoms with Crippen molar-refractivity contribution in [2.45, 2.75) is 44.8 Å².